The van der Waals surface area contributed by atoms with Crippen LogP contribution >= 0.6 is 0 Å². The molecule has 0 amide bonds. The Bertz CT molecular complexity index is 693. The van der Waals surface area contributed by atoms with Gasteiger partial charge in [0.15, 0.2) is 17.2 Å². The number of hydrogen-bond acceptors (Lipinski definition) is 4. The van der Waals surface area contributed by atoms with E-state index in [1.165, 1.54) is 5.56 Å². The summed E-state index contributed by atoms with van der Waals surface area (Å²) in [5.41, 5.74) is 1.88. The molecule has 19 heavy (non-hydrogen) atoms. The highest BCUT2D eigenvalue weighted by Gasteiger charge is 2.11. The number of aromatic nitrogens is 3. The predicted octanol–water partition coefficient (Wildman–Crippen LogP) is 2.07. The van der Waals surface area contributed by atoms with Gasteiger partial charge >= 0.3 is 0 Å². The van der Waals surface area contributed by atoms with Crippen molar-refractivity contribution >= 4 is 11.5 Å². The molecule has 96 valence electrons. The Balaban J connectivity index is 1.92. The largest absolute Gasteiger partial charge is 0.503 e. The third-order valence-electron chi connectivity index (χ3n) is 2.97. The van der Waals surface area contributed by atoms with Gasteiger partial charge in [0, 0.05) is 19.7 Å². The van der Waals surface area contributed by atoms with Crippen LogP contribution in [0.4, 0.5) is 5.82 Å². The number of anilines is 1. The second-order valence-electron chi connectivity index (χ2n) is 4.43. The third kappa shape index (κ3) is 2.22. The number of hydrogen-bond donors (Lipinski definition) is 1. The van der Waals surface area contributed by atoms with Crippen molar-refractivity contribution in [3.63, 3.8) is 0 Å². The van der Waals surface area contributed by atoms with E-state index in [9.17, 15) is 5.11 Å². The first kappa shape index (κ1) is 11.5. The average molecular weight is 254 g/mol. The SMILES string of the molecule is CN(Cc1ccccc1)c1nc2ccnn2cc1O. The third-order valence-corrected chi connectivity index (χ3v) is 2.97. The minimum atomic E-state index is 0.120. The van der Waals surface area contributed by atoms with Gasteiger partial charge in [-0.05, 0) is 5.56 Å². The van der Waals surface area contributed by atoms with Gasteiger partial charge in [0.25, 0.3) is 0 Å². The molecule has 2 heterocycles. The second-order valence-corrected chi connectivity index (χ2v) is 4.43. The molecular formula is C14H14N4O. The van der Waals surface area contributed by atoms with E-state index < -0.39 is 0 Å². The van der Waals surface area contributed by atoms with E-state index in [1.54, 1.807) is 23.0 Å². The summed E-state index contributed by atoms with van der Waals surface area (Å²) in [6, 6.07) is 11.9. The number of aromatic hydroxyl groups is 1. The minimum Gasteiger partial charge on any atom is -0.503 e. The molecule has 3 aromatic rings. The van der Waals surface area contributed by atoms with Crippen molar-refractivity contribution in [1.82, 2.24) is 14.6 Å². The first-order valence-electron chi connectivity index (χ1n) is 6.02. The highest BCUT2D eigenvalue weighted by molar-refractivity contribution is 5.56. The molecule has 0 aliphatic carbocycles. The summed E-state index contributed by atoms with van der Waals surface area (Å²) in [4.78, 5) is 6.32. The maximum absolute atomic E-state index is 10.0. The quantitative estimate of drug-likeness (QED) is 0.777. The molecule has 0 fully saturated rings. The van der Waals surface area contributed by atoms with E-state index in [-0.39, 0.29) is 5.75 Å². The number of nitrogens with zero attached hydrogens (tertiary/aromatic N) is 4. The molecule has 5 heteroatoms. The van der Waals surface area contributed by atoms with Crippen LogP contribution in [-0.4, -0.2) is 26.8 Å². The van der Waals surface area contributed by atoms with Crippen LogP contribution in [0.1, 0.15) is 5.56 Å². The van der Waals surface area contributed by atoms with Gasteiger partial charge in [-0.3, -0.25) is 0 Å². The van der Waals surface area contributed by atoms with Crippen molar-refractivity contribution < 1.29 is 5.11 Å². The van der Waals surface area contributed by atoms with Gasteiger partial charge in [-0.25, -0.2) is 9.50 Å². The smallest absolute Gasteiger partial charge is 0.177 e. The lowest BCUT2D eigenvalue weighted by Crippen LogP contribution is -2.18. The van der Waals surface area contributed by atoms with Crippen molar-refractivity contribution in [2.24, 2.45) is 0 Å². The summed E-state index contributed by atoms with van der Waals surface area (Å²) in [5, 5.41) is 14.0. The lowest BCUT2D eigenvalue weighted by atomic mass is 10.2. The summed E-state index contributed by atoms with van der Waals surface area (Å²) in [6.45, 7) is 0.686. The minimum absolute atomic E-state index is 0.120. The normalized spacial score (nSPS) is 10.8. The fourth-order valence-corrected chi connectivity index (χ4v) is 2.05. The molecular weight excluding hydrogens is 240 g/mol. The van der Waals surface area contributed by atoms with Gasteiger partial charge in [0.2, 0.25) is 0 Å². The van der Waals surface area contributed by atoms with Crippen LogP contribution in [0.5, 0.6) is 5.75 Å². The second kappa shape index (κ2) is 4.61. The van der Waals surface area contributed by atoms with Crippen LogP contribution in [0, 0.1) is 0 Å². The molecule has 2 aromatic heterocycles. The zero-order valence-corrected chi connectivity index (χ0v) is 10.6. The van der Waals surface area contributed by atoms with Gasteiger partial charge in [-0.2, -0.15) is 5.10 Å². The fraction of sp³-hybridized carbons (Fsp3) is 0.143. The van der Waals surface area contributed by atoms with Crippen LogP contribution in [0.2, 0.25) is 0 Å². The zero-order chi connectivity index (χ0) is 13.2. The molecule has 0 aliphatic heterocycles. The lowest BCUT2D eigenvalue weighted by Gasteiger charge is -2.19. The lowest BCUT2D eigenvalue weighted by molar-refractivity contribution is 0.467. The predicted molar refractivity (Wildman–Crippen MR) is 73.2 cm³/mol. The molecule has 0 saturated heterocycles. The van der Waals surface area contributed by atoms with Crippen LogP contribution in [0.15, 0.2) is 48.8 Å². The van der Waals surface area contributed by atoms with Crippen molar-refractivity contribution in [2.45, 2.75) is 6.54 Å². The summed E-state index contributed by atoms with van der Waals surface area (Å²) in [7, 11) is 1.90. The molecule has 0 unspecified atom stereocenters. The van der Waals surface area contributed by atoms with Crippen molar-refractivity contribution in [3.8, 4) is 5.75 Å². The first-order chi connectivity index (χ1) is 9.24. The van der Waals surface area contributed by atoms with E-state index in [4.69, 9.17) is 0 Å². The fourth-order valence-electron chi connectivity index (χ4n) is 2.05. The standard InChI is InChI=1S/C14H14N4O/c1-17(9-11-5-3-2-4-6-11)14-12(19)10-18-13(16-14)7-8-15-18/h2-8,10,19H,9H2,1H3. The van der Waals surface area contributed by atoms with E-state index in [2.05, 4.69) is 10.1 Å². The molecule has 0 aliphatic rings. The molecule has 1 aromatic carbocycles. The van der Waals surface area contributed by atoms with E-state index in [1.807, 2.05) is 42.3 Å². The highest BCUT2D eigenvalue weighted by atomic mass is 16.3. The molecule has 0 saturated carbocycles. The molecule has 0 bridgehead atoms. The van der Waals surface area contributed by atoms with Crippen LogP contribution in [0.25, 0.3) is 5.65 Å². The van der Waals surface area contributed by atoms with Gasteiger partial charge < -0.3 is 10.0 Å². The number of benzene rings is 1. The highest BCUT2D eigenvalue weighted by Crippen LogP contribution is 2.25. The number of rotatable bonds is 3. The van der Waals surface area contributed by atoms with E-state index >= 15 is 0 Å². The molecule has 0 radical (unpaired) electrons. The van der Waals surface area contributed by atoms with E-state index in [0.29, 0.717) is 18.0 Å². The molecule has 1 N–H and O–H groups in total. The Morgan fingerprint density at radius 3 is 2.79 bits per heavy atom. The monoisotopic (exact) mass is 254 g/mol. The van der Waals surface area contributed by atoms with Gasteiger partial charge in [-0.1, -0.05) is 30.3 Å². The Morgan fingerprint density at radius 1 is 1.21 bits per heavy atom. The molecule has 0 atom stereocenters. The van der Waals surface area contributed by atoms with Crippen molar-refractivity contribution in [1.29, 1.82) is 0 Å². The van der Waals surface area contributed by atoms with Gasteiger partial charge in [-0.15, -0.1) is 0 Å². The number of fused-ring (bicyclic) bond motifs is 1. The average Bonchev–Trinajstić information content (AvgIpc) is 2.86. The maximum atomic E-state index is 10.0. The van der Waals surface area contributed by atoms with Gasteiger partial charge in [0.1, 0.15) is 0 Å². The van der Waals surface area contributed by atoms with Crippen molar-refractivity contribution in [2.75, 3.05) is 11.9 Å². The molecule has 3 rings (SSSR count). The zero-order valence-electron chi connectivity index (χ0n) is 10.6. The summed E-state index contributed by atoms with van der Waals surface area (Å²) in [6.07, 6.45) is 3.22. The van der Waals surface area contributed by atoms with Crippen LogP contribution < -0.4 is 4.90 Å². The van der Waals surface area contributed by atoms with Crippen LogP contribution in [0.3, 0.4) is 0 Å². The molecule has 5 nitrogen and oxygen atoms in total. The topological polar surface area (TPSA) is 53.7 Å². The summed E-state index contributed by atoms with van der Waals surface area (Å²) in [5.74, 6) is 0.673. The Hall–Kier alpha value is -2.56. The molecule has 0 spiro atoms. The van der Waals surface area contributed by atoms with Crippen molar-refractivity contribution in [3.05, 3.63) is 54.4 Å². The summed E-state index contributed by atoms with van der Waals surface area (Å²) >= 11 is 0. The maximum Gasteiger partial charge on any atom is 0.177 e. The first-order valence-corrected chi connectivity index (χ1v) is 6.02. The van der Waals surface area contributed by atoms with Crippen LogP contribution in [-0.2, 0) is 6.54 Å². The summed E-state index contributed by atoms with van der Waals surface area (Å²) < 4.78 is 1.55. The Labute approximate surface area is 110 Å². The Kier molecular flexibility index (Phi) is 2.79. The Morgan fingerprint density at radius 2 is 2.00 bits per heavy atom. The van der Waals surface area contributed by atoms with E-state index in [0.717, 1.165) is 0 Å². The van der Waals surface area contributed by atoms with Gasteiger partial charge in [0.05, 0.1) is 12.4 Å².